The number of nitrogens with zero attached hydrogens (tertiary/aromatic N) is 3. The van der Waals surface area contributed by atoms with Crippen LogP contribution in [0, 0.1) is 11.3 Å². The first-order valence-electron chi connectivity index (χ1n) is 8.35. The summed E-state index contributed by atoms with van der Waals surface area (Å²) in [7, 11) is -7.22. The summed E-state index contributed by atoms with van der Waals surface area (Å²) in [6, 6.07) is 16.5. The Labute approximate surface area is 159 Å². The molecule has 1 saturated heterocycles. The Morgan fingerprint density at radius 3 is 1.93 bits per heavy atom. The zero-order chi connectivity index (χ0) is 19.5. The van der Waals surface area contributed by atoms with Crippen LogP contribution in [0.3, 0.4) is 0 Å². The Bertz CT molecular complexity index is 1040. The summed E-state index contributed by atoms with van der Waals surface area (Å²) < 4.78 is 53.2. The molecule has 1 aliphatic heterocycles. The van der Waals surface area contributed by atoms with Crippen LogP contribution < -0.4 is 0 Å². The Morgan fingerprint density at radius 2 is 1.37 bits per heavy atom. The van der Waals surface area contributed by atoms with Crippen LogP contribution in [0.1, 0.15) is 11.1 Å². The van der Waals surface area contributed by atoms with Crippen molar-refractivity contribution in [3.8, 4) is 6.07 Å². The van der Waals surface area contributed by atoms with Gasteiger partial charge < -0.3 is 0 Å². The van der Waals surface area contributed by atoms with Gasteiger partial charge in [0.15, 0.2) is 0 Å². The molecule has 0 aliphatic carbocycles. The minimum absolute atomic E-state index is 0.0936. The van der Waals surface area contributed by atoms with Crippen molar-refractivity contribution in [3.63, 3.8) is 0 Å². The first-order valence-corrected chi connectivity index (χ1v) is 11.4. The molecule has 0 bridgehead atoms. The molecule has 1 fully saturated rings. The van der Waals surface area contributed by atoms with Crippen LogP contribution in [-0.2, 0) is 25.8 Å². The number of nitriles is 1. The SMILES string of the molecule is N#Cc1ccc(S(=O)(=O)N2CCN(S(=O)(=O)Cc3ccccc3)CC2)cc1. The van der Waals surface area contributed by atoms with Crippen LogP contribution in [0.5, 0.6) is 0 Å². The summed E-state index contributed by atoms with van der Waals surface area (Å²) >= 11 is 0. The third kappa shape index (κ3) is 4.36. The summed E-state index contributed by atoms with van der Waals surface area (Å²) in [4.78, 5) is 0.0992. The molecule has 0 aromatic heterocycles. The third-order valence-corrected chi connectivity index (χ3v) is 8.17. The number of benzene rings is 2. The highest BCUT2D eigenvalue weighted by Crippen LogP contribution is 2.20. The van der Waals surface area contributed by atoms with E-state index in [-0.39, 0.29) is 36.8 Å². The Hall–Kier alpha value is -2.25. The summed E-state index contributed by atoms with van der Waals surface area (Å²) in [6.45, 7) is 0.419. The van der Waals surface area contributed by atoms with Crippen LogP contribution in [0.4, 0.5) is 0 Å². The molecule has 2 aromatic carbocycles. The molecule has 7 nitrogen and oxygen atoms in total. The summed E-state index contributed by atoms with van der Waals surface area (Å²) in [5.74, 6) is -0.101. The average Bonchev–Trinajstić information content (AvgIpc) is 2.68. The molecule has 0 atom stereocenters. The van der Waals surface area contributed by atoms with Gasteiger partial charge in [0.25, 0.3) is 0 Å². The van der Waals surface area contributed by atoms with Gasteiger partial charge in [-0.3, -0.25) is 0 Å². The van der Waals surface area contributed by atoms with Crippen LogP contribution in [0.15, 0.2) is 59.5 Å². The summed E-state index contributed by atoms with van der Waals surface area (Å²) in [6.07, 6.45) is 0. The maximum atomic E-state index is 12.7. The highest BCUT2D eigenvalue weighted by Gasteiger charge is 2.32. The minimum atomic E-state index is -3.71. The number of sulfonamides is 2. The molecule has 0 spiro atoms. The monoisotopic (exact) mass is 405 g/mol. The van der Waals surface area contributed by atoms with Crippen LogP contribution in [0.25, 0.3) is 0 Å². The molecule has 27 heavy (non-hydrogen) atoms. The van der Waals surface area contributed by atoms with E-state index in [0.29, 0.717) is 11.1 Å². The molecule has 0 amide bonds. The maximum Gasteiger partial charge on any atom is 0.243 e. The van der Waals surface area contributed by atoms with E-state index in [4.69, 9.17) is 5.26 Å². The molecule has 2 aromatic rings. The standard InChI is InChI=1S/C18H19N3O4S2/c19-14-16-6-8-18(9-7-16)27(24,25)21-12-10-20(11-13-21)26(22,23)15-17-4-2-1-3-5-17/h1-9H,10-13,15H2. The van der Waals surface area contributed by atoms with Gasteiger partial charge in [0.05, 0.1) is 22.3 Å². The van der Waals surface area contributed by atoms with Crippen molar-refractivity contribution in [1.82, 2.24) is 8.61 Å². The van der Waals surface area contributed by atoms with Gasteiger partial charge in [-0.05, 0) is 29.8 Å². The third-order valence-electron chi connectivity index (χ3n) is 4.40. The minimum Gasteiger partial charge on any atom is -0.212 e. The van der Waals surface area contributed by atoms with E-state index in [9.17, 15) is 16.8 Å². The quantitative estimate of drug-likeness (QED) is 0.749. The van der Waals surface area contributed by atoms with Gasteiger partial charge in [-0.15, -0.1) is 0 Å². The molecule has 3 rings (SSSR count). The topological polar surface area (TPSA) is 98.5 Å². The molecule has 0 saturated carbocycles. The van der Waals surface area contributed by atoms with Crippen molar-refractivity contribution in [2.24, 2.45) is 0 Å². The van der Waals surface area contributed by atoms with Crippen molar-refractivity contribution >= 4 is 20.0 Å². The van der Waals surface area contributed by atoms with Crippen molar-refractivity contribution in [2.75, 3.05) is 26.2 Å². The lowest BCUT2D eigenvalue weighted by molar-refractivity contribution is 0.272. The van der Waals surface area contributed by atoms with E-state index in [0.717, 1.165) is 0 Å². The fourth-order valence-electron chi connectivity index (χ4n) is 2.91. The second kappa shape index (κ2) is 7.78. The van der Waals surface area contributed by atoms with Gasteiger partial charge in [-0.1, -0.05) is 30.3 Å². The maximum absolute atomic E-state index is 12.7. The lowest BCUT2D eigenvalue weighted by Crippen LogP contribution is -2.50. The normalized spacial score (nSPS) is 16.7. The highest BCUT2D eigenvalue weighted by atomic mass is 32.2. The number of rotatable bonds is 5. The van der Waals surface area contributed by atoms with Gasteiger partial charge in [0.2, 0.25) is 20.0 Å². The lowest BCUT2D eigenvalue weighted by Gasteiger charge is -2.33. The predicted molar refractivity (Wildman–Crippen MR) is 101 cm³/mol. The van der Waals surface area contributed by atoms with E-state index in [1.165, 1.54) is 32.9 Å². The number of hydrogen-bond donors (Lipinski definition) is 0. The Morgan fingerprint density at radius 1 is 0.815 bits per heavy atom. The van der Waals surface area contributed by atoms with Crippen molar-refractivity contribution < 1.29 is 16.8 Å². The fraction of sp³-hybridized carbons (Fsp3) is 0.278. The molecule has 0 radical (unpaired) electrons. The average molecular weight is 406 g/mol. The van der Waals surface area contributed by atoms with Crippen molar-refractivity contribution in [1.29, 1.82) is 5.26 Å². The molecule has 1 aliphatic rings. The lowest BCUT2D eigenvalue weighted by atomic mass is 10.2. The van der Waals surface area contributed by atoms with E-state index in [2.05, 4.69) is 0 Å². The van der Waals surface area contributed by atoms with Gasteiger partial charge in [-0.2, -0.15) is 13.9 Å². The molecular weight excluding hydrogens is 386 g/mol. The highest BCUT2D eigenvalue weighted by molar-refractivity contribution is 7.89. The fourth-order valence-corrected chi connectivity index (χ4v) is 5.85. The summed E-state index contributed by atoms with van der Waals surface area (Å²) in [5.41, 5.74) is 1.08. The summed E-state index contributed by atoms with van der Waals surface area (Å²) in [5, 5.41) is 8.82. The molecule has 0 unspecified atom stereocenters. The van der Waals surface area contributed by atoms with Gasteiger partial charge in [0.1, 0.15) is 0 Å². The van der Waals surface area contributed by atoms with E-state index < -0.39 is 20.0 Å². The van der Waals surface area contributed by atoms with Crippen LogP contribution >= 0.6 is 0 Å². The first-order chi connectivity index (χ1) is 12.8. The molecule has 1 heterocycles. The second-order valence-electron chi connectivity index (χ2n) is 6.18. The van der Waals surface area contributed by atoms with Crippen LogP contribution in [-0.4, -0.2) is 51.6 Å². The number of hydrogen-bond acceptors (Lipinski definition) is 5. The molecule has 9 heteroatoms. The molecule has 142 valence electrons. The van der Waals surface area contributed by atoms with Gasteiger partial charge in [-0.25, -0.2) is 16.8 Å². The predicted octanol–water partition coefficient (Wildman–Crippen LogP) is 1.39. The Kier molecular flexibility index (Phi) is 5.62. The second-order valence-corrected chi connectivity index (χ2v) is 10.1. The zero-order valence-electron chi connectivity index (χ0n) is 14.5. The molecule has 0 N–H and O–H groups in total. The van der Waals surface area contributed by atoms with Gasteiger partial charge in [0, 0.05) is 26.2 Å². The largest absolute Gasteiger partial charge is 0.243 e. The van der Waals surface area contributed by atoms with E-state index in [1.807, 2.05) is 12.1 Å². The smallest absolute Gasteiger partial charge is 0.212 e. The molecular formula is C18H19N3O4S2. The van der Waals surface area contributed by atoms with Gasteiger partial charge >= 0.3 is 0 Å². The van der Waals surface area contributed by atoms with E-state index >= 15 is 0 Å². The van der Waals surface area contributed by atoms with E-state index in [1.54, 1.807) is 24.3 Å². The first kappa shape index (κ1) is 19.5. The van der Waals surface area contributed by atoms with Crippen molar-refractivity contribution in [3.05, 3.63) is 65.7 Å². The Balaban J connectivity index is 1.68. The zero-order valence-corrected chi connectivity index (χ0v) is 16.2. The number of piperazine rings is 1. The van der Waals surface area contributed by atoms with Crippen LogP contribution in [0.2, 0.25) is 0 Å². The van der Waals surface area contributed by atoms with Crippen molar-refractivity contribution in [2.45, 2.75) is 10.6 Å².